The number of ketones is 1. The van der Waals surface area contributed by atoms with Gasteiger partial charge in [0.1, 0.15) is 11.6 Å². The smallest absolute Gasteiger partial charge is 0.254 e. The highest BCUT2D eigenvalue weighted by Crippen LogP contribution is 2.29. The Kier molecular flexibility index (Phi) is 8.31. The highest BCUT2D eigenvalue weighted by atomic mass is 35.5. The number of rotatable bonds is 6. The van der Waals surface area contributed by atoms with Crippen LogP contribution in [0.15, 0.2) is 65.6 Å². The molecule has 10 heteroatoms. The number of hydrogen-bond donors (Lipinski definition) is 0. The highest BCUT2D eigenvalue weighted by Gasteiger charge is 2.34. The molecule has 0 N–H and O–H groups in total. The fourth-order valence-electron chi connectivity index (χ4n) is 4.43. The second-order valence-corrected chi connectivity index (χ2v) is 11.1. The van der Waals surface area contributed by atoms with Gasteiger partial charge < -0.3 is 9.80 Å². The summed E-state index contributed by atoms with van der Waals surface area (Å²) in [5.41, 5.74) is 1.11. The van der Waals surface area contributed by atoms with Crippen molar-refractivity contribution in [2.45, 2.75) is 30.8 Å². The van der Waals surface area contributed by atoms with Crippen LogP contribution in [0.1, 0.15) is 34.6 Å². The molecule has 1 saturated heterocycles. The normalized spacial score (nSPS) is 18.5. The number of nitrogens with zero attached hydrogens (tertiary/aromatic N) is 2. The molecule has 0 radical (unpaired) electrons. The lowest BCUT2D eigenvalue weighted by Gasteiger charge is -2.46. The van der Waals surface area contributed by atoms with Crippen LogP contribution in [0.4, 0.5) is 14.5 Å². The Hall–Kier alpha value is -2.81. The van der Waals surface area contributed by atoms with Crippen LogP contribution in [0.25, 0.3) is 0 Å². The summed E-state index contributed by atoms with van der Waals surface area (Å²) in [5.74, 6) is -3.20. The van der Waals surface area contributed by atoms with Crippen molar-refractivity contribution in [2.24, 2.45) is 0 Å². The number of halogens is 4. The number of amides is 1. The fourth-order valence-corrected chi connectivity index (χ4v) is 6.11. The van der Waals surface area contributed by atoms with Gasteiger partial charge in [0.2, 0.25) is 0 Å². The van der Waals surface area contributed by atoms with E-state index in [2.05, 4.69) is 4.90 Å². The minimum atomic E-state index is -1.87. The van der Waals surface area contributed by atoms with Gasteiger partial charge in [-0.1, -0.05) is 29.3 Å². The third-order valence-corrected chi connectivity index (χ3v) is 8.57. The highest BCUT2D eigenvalue weighted by molar-refractivity contribution is 7.86. The third-order valence-electron chi connectivity index (χ3n) is 6.53. The molecule has 1 aliphatic heterocycles. The van der Waals surface area contributed by atoms with Crippen molar-refractivity contribution in [3.8, 4) is 0 Å². The van der Waals surface area contributed by atoms with Crippen molar-refractivity contribution < 1.29 is 22.6 Å². The number of carbonyl (C=O) groups is 2. The topological polar surface area (TPSA) is 57.7 Å². The molecule has 194 valence electrons. The van der Waals surface area contributed by atoms with Gasteiger partial charge in [-0.05, 0) is 62.4 Å². The zero-order chi connectivity index (χ0) is 26.9. The van der Waals surface area contributed by atoms with Gasteiger partial charge >= 0.3 is 0 Å². The van der Waals surface area contributed by atoms with E-state index in [4.69, 9.17) is 23.2 Å². The molecule has 1 aliphatic rings. The molecule has 3 aromatic carbocycles. The lowest BCUT2D eigenvalue weighted by Crippen LogP contribution is -2.59. The Balaban J connectivity index is 1.46. The first-order chi connectivity index (χ1) is 17.5. The van der Waals surface area contributed by atoms with Crippen molar-refractivity contribution in [1.29, 1.82) is 0 Å². The molecule has 1 fully saturated rings. The van der Waals surface area contributed by atoms with E-state index in [0.717, 1.165) is 17.8 Å². The van der Waals surface area contributed by atoms with Crippen molar-refractivity contribution >= 4 is 51.4 Å². The fraction of sp³-hybridized carbons (Fsp3) is 0.259. The van der Waals surface area contributed by atoms with Crippen LogP contribution < -0.4 is 4.90 Å². The Morgan fingerprint density at radius 1 is 0.919 bits per heavy atom. The summed E-state index contributed by atoms with van der Waals surface area (Å²) in [4.78, 5) is 29.9. The summed E-state index contributed by atoms with van der Waals surface area (Å²) in [5, 5.41) is 0.716. The lowest BCUT2D eigenvalue weighted by molar-refractivity contribution is 0.0634. The first kappa shape index (κ1) is 27.2. The van der Waals surface area contributed by atoms with Gasteiger partial charge in [-0.15, -0.1) is 0 Å². The van der Waals surface area contributed by atoms with Gasteiger partial charge in [0, 0.05) is 53.1 Å². The van der Waals surface area contributed by atoms with Crippen molar-refractivity contribution in [3.05, 3.63) is 93.5 Å². The van der Waals surface area contributed by atoms with E-state index in [-0.39, 0.29) is 33.5 Å². The Bertz CT molecular complexity index is 1370. The molecule has 0 aromatic heterocycles. The number of hydrogen-bond acceptors (Lipinski definition) is 4. The van der Waals surface area contributed by atoms with E-state index in [1.165, 1.54) is 18.2 Å². The average molecular weight is 565 g/mol. The van der Waals surface area contributed by atoms with E-state index in [1.54, 1.807) is 4.90 Å². The maximum atomic E-state index is 13.4. The predicted molar refractivity (Wildman–Crippen MR) is 142 cm³/mol. The predicted octanol–water partition coefficient (Wildman–Crippen LogP) is 6.00. The number of Topliss-reactive ketones (excluding diaryl/α,β-unsaturated/α-hetero) is 1. The molecule has 1 heterocycles. The van der Waals surface area contributed by atoms with Gasteiger partial charge in [0.15, 0.2) is 5.78 Å². The minimum Gasteiger partial charge on any atom is -0.365 e. The molecule has 4 rings (SSSR count). The molecule has 3 aromatic rings. The van der Waals surface area contributed by atoms with Crippen LogP contribution in [0.5, 0.6) is 0 Å². The molecule has 3 unspecified atom stereocenters. The van der Waals surface area contributed by atoms with Crippen LogP contribution >= 0.6 is 23.2 Å². The first-order valence-electron chi connectivity index (χ1n) is 11.6. The lowest BCUT2D eigenvalue weighted by atomic mass is 10.0. The summed E-state index contributed by atoms with van der Waals surface area (Å²) in [6.45, 7) is 5.13. The maximum absolute atomic E-state index is 13.4. The quantitative estimate of drug-likeness (QED) is 0.344. The minimum absolute atomic E-state index is 0.0251. The van der Waals surface area contributed by atoms with Crippen molar-refractivity contribution in [3.63, 3.8) is 0 Å². The Labute approximate surface area is 226 Å². The van der Waals surface area contributed by atoms with Crippen LogP contribution in [0.2, 0.25) is 10.0 Å². The zero-order valence-corrected chi connectivity index (χ0v) is 22.4. The molecule has 3 atom stereocenters. The zero-order valence-electron chi connectivity index (χ0n) is 20.1. The Morgan fingerprint density at radius 3 is 2.27 bits per heavy atom. The van der Waals surface area contributed by atoms with E-state index < -0.39 is 34.0 Å². The molecule has 0 bridgehead atoms. The average Bonchev–Trinajstić information content (AvgIpc) is 2.84. The van der Waals surface area contributed by atoms with Crippen LogP contribution in [0, 0.1) is 11.6 Å². The second kappa shape index (κ2) is 11.3. The van der Waals surface area contributed by atoms with E-state index in [1.807, 2.05) is 38.1 Å². The van der Waals surface area contributed by atoms with Crippen molar-refractivity contribution in [2.75, 3.05) is 23.7 Å². The second-order valence-electron chi connectivity index (χ2n) is 8.87. The van der Waals surface area contributed by atoms with Gasteiger partial charge in [0.05, 0.1) is 26.5 Å². The third kappa shape index (κ3) is 6.03. The SMILES string of the molecule is CC1C(C)N(c2cccc(Cl)c2)CCN1C(=O)c1ccc(S(=O)CC(=O)c2cc(F)cc(F)c2)c(Cl)c1. The Morgan fingerprint density at radius 2 is 1.62 bits per heavy atom. The van der Waals surface area contributed by atoms with E-state index >= 15 is 0 Å². The molecule has 0 spiro atoms. The van der Waals surface area contributed by atoms with Gasteiger partial charge in [-0.3, -0.25) is 13.8 Å². The molecule has 0 saturated carbocycles. The summed E-state index contributed by atoms with van der Waals surface area (Å²) >= 11 is 12.5. The molecular formula is C27H24Cl2F2N2O3S. The molecule has 1 amide bonds. The van der Waals surface area contributed by atoms with Gasteiger partial charge in [0.25, 0.3) is 5.91 Å². The summed E-state index contributed by atoms with van der Waals surface area (Å²) in [6.07, 6.45) is 0. The van der Waals surface area contributed by atoms with Crippen LogP contribution in [-0.4, -0.2) is 51.7 Å². The molecule has 5 nitrogen and oxygen atoms in total. The first-order valence-corrected chi connectivity index (χ1v) is 13.6. The van der Waals surface area contributed by atoms with Crippen LogP contribution in [0.3, 0.4) is 0 Å². The van der Waals surface area contributed by atoms with Gasteiger partial charge in [-0.25, -0.2) is 8.78 Å². The van der Waals surface area contributed by atoms with E-state index in [9.17, 15) is 22.6 Å². The van der Waals surface area contributed by atoms with E-state index in [0.29, 0.717) is 29.7 Å². The summed E-state index contributed by atoms with van der Waals surface area (Å²) in [6, 6.07) is 14.3. The van der Waals surface area contributed by atoms with Crippen molar-refractivity contribution in [1.82, 2.24) is 4.90 Å². The molecular weight excluding hydrogens is 541 g/mol. The standard InChI is InChI=1S/C27H24Cl2F2N2O3S/c1-16-17(2)33(9-8-32(16)23-5-3-4-20(28)13-23)27(35)18-6-7-26(24(29)12-18)37(36)15-25(34)19-10-21(30)14-22(31)11-19/h3-7,10-14,16-17H,8-9,15H2,1-2H3. The summed E-state index contributed by atoms with van der Waals surface area (Å²) in [7, 11) is -1.87. The summed E-state index contributed by atoms with van der Waals surface area (Å²) < 4.78 is 39.7. The van der Waals surface area contributed by atoms with Gasteiger partial charge in [-0.2, -0.15) is 0 Å². The molecule has 37 heavy (non-hydrogen) atoms. The maximum Gasteiger partial charge on any atom is 0.254 e. The monoisotopic (exact) mass is 564 g/mol. The molecule has 0 aliphatic carbocycles. The number of carbonyl (C=O) groups excluding carboxylic acids is 2. The van der Waals surface area contributed by atoms with Crippen LogP contribution in [-0.2, 0) is 10.8 Å². The largest absolute Gasteiger partial charge is 0.365 e. The number of anilines is 1. The number of benzene rings is 3. The number of piperazine rings is 1.